The first-order valence-electron chi connectivity index (χ1n) is 12.0. The summed E-state index contributed by atoms with van der Waals surface area (Å²) in [6.45, 7) is 4.27. The number of nitrogens with zero attached hydrogens (tertiary/aromatic N) is 1. The number of carboxylic acid groups (broad SMARTS) is 1. The van der Waals surface area contributed by atoms with Crippen molar-refractivity contribution in [1.82, 2.24) is 10.2 Å². The van der Waals surface area contributed by atoms with Crippen molar-refractivity contribution in [3.8, 4) is 11.1 Å². The molecule has 7 nitrogen and oxygen atoms in total. The minimum atomic E-state index is -1.01. The minimum Gasteiger partial charge on any atom is -0.480 e. The van der Waals surface area contributed by atoms with E-state index in [9.17, 15) is 14.4 Å². The summed E-state index contributed by atoms with van der Waals surface area (Å²) in [5, 5.41) is 12.1. The molecule has 34 heavy (non-hydrogen) atoms. The van der Waals surface area contributed by atoms with E-state index in [0.717, 1.165) is 11.1 Å². The Balaban J connectivity index is 1.32. The van der Waals surface area contributed by atoms with Crippen LogP contribution in [0.2, 0.25) is 0 Å². The first kappa shape index (κ1) is 23.8. The van der Waals surface area contributed by atoms with Crippen molar-refractivity contribution < 1.29 is 24.2 Å². The lowest BCUT2D eigenvalue weighted by Crippen LogP contribution is -2.42. The first-order chi connectivity index (χ1) is 16.3. The number of benzene rings is 2. The maximum absolute atomic E-state index is 12.9. The van der Waals surface area contributed by atoms with Crippen LogP contribution in [0, 0.1) is 11.8 Å². The zero-order chi connectivity index (χ0) is 24.2. The second-order valence-electron chi connectivity index (χ2n) is 9.68. The van der Waals surface area contributed by atoms with Crippen LogP contribution in [0.1, 0.15) is 50.2 Å². The Hall–Kier alpha value is -3.35. The number of carbonyl (C=O) groups is 3. The average molecular weight is 465 g/mol. The summed E-state index contributed by atoms with van der Waals surface area (Å²) in [5.74, 6) is -1.26. The number of fused-ring (bicyclic) bond motifs is 3. The van der Waals surface area contributed by atoms with Crippen molar-refractivity contribution >= 4 is 18.0 Å². The molecule has 0 spiro atoms. The molecule has 0 radical (unpaired) electrons. The Kier molecular flexibility index (Phi) is 7.20. The highest BCUT2D eigenvalue weighted by Gasteiger charge is 2.35. The van der Waals surface area contributed by atoms with E-state index in [1.165, 1.54) is 16.0 Å². The van der Waals surface area contributed by atoms with Crippen molar-refractivity contribution in [2.24, 2.45) is 11.8 Å². The number of carboxylic acids is 1. The minimum absolute atomic E-state index is 0.00309. The Morgan fingerprint density at radius 1 is 1.03 bits per heavy atom. The number of aliphatic carboxylic acids is 1. The maximum Gasteiger partial charge on any atom is 0.407 e. The Bertz CT molecular complexity index is 1020. The third kappa shape index (κ3) is 5.24. The van der Waals surface area contributed by atoms with Gasteiger partial charge in [-0.15, -0.1) is 0 Å². The molecule has 0 saturated heterocycles. The number of amides is 2. The molecule has 2 amide bonds. The van der Waals surface area contributed by atoms with Crippen molar-refractivity contribution in [1.29, 1.82) is 0 Å². The molecule has 2 unspecified atom stereocenters. The molecule has 7 heteroatoms. The molecule has 2 aromatic carbocycles. The van der Waals surface area contributed by atoms with Gasteiger partial charge in [0.15, 0.2) is 0 Å². The molecule has 2 aromatic rings. The Labute approximate surface area is 200 Å². The van der Waals surface area contributed by atoms with Gasteiger partial charge in [0.05, 0.1) is 0 Å². The molecule has 180 valence electrons. The molecule has 1 saturated carbocycles. The molecule has 0 aliphatic heterocycles. The number of nitrogens with one attached hydrogen (secondary N) is 1. The second kappa shape index (κ2) is 10.3. The van der Waals surface area contributed by atoms with Gasteiger partial charge in [-0.1, -0.05) is 62.4 Å². The number of ether oxygens (including phenoxy) is 1. The van der Waals surface area contributed by atoms with Crippen LogP contribution in [-0.2, 0) is 14.3 Å². The molecule has 2 atom stereocenters. The normalized spacial score (nSPS) is 18.9. The largest absolute Gasteiger partial charge is 0.480 e. The molecular weight excluding hydrogens is 432 g/mol. The lowest BCUT2D eigenvalue weighted by Gasteiger charge is -2.25. The summed E-state index contributed by atoms with van der Waals surface area (Å²) in [6.07, 6.45) is 1.31. The van der Waals surface area contributed by atoms with E-state index >= 15 is 0 Å². The van der Waals surface area contributed by atoms with Crippen LogP contribution >= 0.6 is 0 Å². The van der Waals surface area contributed by atoms with Gasteiger partial charge in [-0.05, 0) is 47.4 Å². The van der Waals surface area contributed by atoms with E-state index in [1.54, 1.807) is 0 Å². The fraction of sp³-hybridized carbons (Fsp3) is 0.444. The van der Waals surface area contributed by atoms with E-state index in [0.29, 0.717) is 25.8 Å². The summed E-state index contributed by atoms with van der Waals surface area (Å²) >= 11 is 0. The summed E-state index contributed by atoms with van der Waals surface area (Å²) in [4.78, 5) is 38.1. The maximum atomic E-state index is 12.9. The average Bonchev–Trinajstić information content (AvgIpc) is 3.39. The molecule has 4 rings (SSSR count). The van der Waals surface area contributed by atoms with Gasteiger partial charge in [0.2, 0.25) is 5.91 Å². The van der Waals surface area contributed by atoms with Gasteiger partial charge >= 0.3 is 12.1 Å². The summed E-state index contributed by atoms with van der Waals surface area (Å²) in [6, 6.07) is 16.2. The van der Waals surface area contributed by atoms with Crippen LogP contribution in [0.4, 0.5) is 4.79 Å². The van der Waals surface area contributed by atoms with Gasteiger partial charge in [0.25, 0.3) is 0 Å². The predicted octanol–water partition coefficient (Wildman–Crippen LogP) is 4.26. The van der Waals surface area contributed by atoms with E-state index in [2.05, 4.69) is 29.6 Å². The lowest BCUT2D eigenvalue weighted by atomic mass is 9.98. The van der Waals surface area contributed by atoms with Gasteiger partial charge in [-0.3, -0.25) is 9.59 Å². The van der Waals surface area contributed by atoms with Crippen molar-refractivity contribution in [2.45, 2.75) is 45.1 Å². The number of rotatable bonds is 8. The molecule has 2 aliphatic rings. The third-order valence-corrected chi connectivity index (χ3v) is 6.67. The predicted molar refractivity (Wildman–Crippen MR) is 128 cm³/mol. The van der Waals surface area contributed by atoms with Gasteiger partial charge in [-0.2, -0.15) is 0 Å². The molecule has 2 N–H and O–H groups in total. The highest BCUT2D eigenvalue weighted by Crippen LogP contribution is 2.44. The summed E-state index contributed by atoms with van der Waals surface area (Å²) in [5.41, 5.74) is 4.67. The van der Waals surface area contributed by atoms with Crippen molar-refractivity contribution in [3.05, 3.63) is 59.7 Å². The number of carbonyl (C=O) groups excluding carboxylic acids is 2. The molecule has 2 aliphatic carbocycles. The number of hydrogen-bond acceptors (Lipinski definition) is 4. The summed E-state index contributed by atoms with van der Waals surface area (Å²) < 4.78 is 5.63. The first-order valence-corrected chi connectivity index (χ1v) is 12.0. The van der Waals surface area contributed by atoms with Gasteiger partial charge in [-0.25, -0.2) is 4.79 Å². The molecule has 0 bridgehead atoms. The lowest BCUT2D eigenvalue weighted by molar-refractivity contribution is -0.146. The van der Waals surface area contributed by atoms with E-state index in [1.807, 2.05) is 38.1 Å². The van der Waals surface area contributed by atoms with Gasteiger partial charge in [0.1, 0.15) is 13.2 Å². The van der Waals surface area contributed by atoms with Crippen molar-refractivity contribution in [3.63, 3.8) is 0 Å². The van der Waals surface area contributed by atoms with E-state index < -0.39 is 12.1 Å². The van der Waals surface area contributed by atoms with Crippen LogP contribution in [0.15, 0.2) is 48.5 Å². The van der Waals surface area contributed by atoms with Gasteiger partial charge < -0.3 is 20.1 Å². The van der Waals surface area contributed by atoms with Crippen LogP contribution in [0.25, 0.3) is 11.1 Å². The monoisotopic (exact) mass is 464 g/mol. The van der Waals surface area contributed by atoms with E-state index in [-0.39, 0.29) is 42.9 Å². The van der Waals surface area contributed by atoms with Crippen LogP contribution in [0.5, 0.6) is 0 Å². The van der Waals surface area contributed by atoms with E-state index in [4.69, 9.17) is 9.84 Å². The fourth-order valence-corrected chi connectivity index (χ4v) is 5.24. The van der Waals surface area contributed by atoms with Crippen LogP contribution in [0.3, 0.4) is 0 Å². The highest BCUT2D eigenvalue weighted by molar-refractivity contribution is 5.83. The van der Waals surface area contributed by atoms with Gasteiger partial charge in [0, 0.05) is 24.4 Å². The fourth-order valence-electron chi connectivity index (χ4n) is 5.24. The standard InChI is InChI=1S/C27H32N2O5/c1-17(2)14-29(15-25(30)31)26(32)18-11-12-19(13-18)28-27(33)34-16-24-22-9-5-3-7-20(22)21-8-4-6-10-23(21)24/h3-10,17-19,24H,11-16H2,1-2H3,(H,28,33)(H,30,31). The van der Waals surface area contributed by atoms with Crippen molar-refractivity contribution in [2.75, 3.05) is 19.7 Å². The molecular formula is C27H32N2O5. The molecule has 0 heterocycles. The third-order valence-electron chi connectivity index (χ3n) is 6.67. The molecule has 1 fully saturated rings. The SMILES string of the molecule is CC(C)CN(CC(=O)O)C(=O)C1CCC(NC(=O)OCC2c3ccccc3-c3ccccc32)C1. The Morgan fingerprint density at radius 3 is 2.24 bits per heavy atom. The Morgan fingerprint density at radius 2 is 1.65 bits per heavy atom. The quantitative estimate of drug-likeness (QED) is 0.609. The highest BCUT2D eigenvalue weighted by atomic mass is 16.5. The topological polar surface area (TPSA) is 95.9 Å². The number of hydrogen-bond donors (Lipinski definition) is 2. The molecule has 0 aromatic heterocycles. The zero-order valence-electron chi connectivity index (χ0n) is 19.7. The summed E-state index contributed by atoms with van der Waals surface area (Å²) in [7, 11) is 0. The second-order valence-corrected chi connectivity index (χ2v) is 9.68. The van der Waals surface area contributed by atoms with Crippen LogP contribution < -0.4 is 5.32 Å². The zero-order valence-corrected chi connectivity index (χ0v) is 19.7. The number of alkyl carbamates (subject to hydrolysis) is 1. The smallest absolute Gasteiger partial charge is 0.407 e. The van der Waals surface area contributed by atoms with Crippen LogP contribution in [-0.4, -0.2) is 53.7 Å².